The zero-order valence-corrected chi connectivity index (χ0v) is 19.9. The van der Waals surface area contributed by atoms with Gasteiger partial charge in [-0.25, -0.2) is 0 Å². The SMILES string of the molecule is C#C[C@]1(O)[C@@H]([C@H](O[Si](C)(C)C(C)(C)C)[C@H](C)C=C=C)[C@H]2[C@@H](C[C@H]1C)C2(C)C. The Hall–Kier alpha value is -0.783. The summed E-state index contributed by atoms with van der Waals surface area (Å²) in [5.41, 5.74) is 2.01. The van der Waals surface area contributed by atoms with E-state index in [-0.39, 0.29) is 34.3 Å². The molecule has 2 aliphatic rings. The van der Waals surface area contributed by atoms with Crippen molar-refractivity contribution in [3.05, 3.63) is 18.4 Å². The average Bonchev–Trinajstić information content (AvgIpc) is 3.06. The molecule has 0 spiro atoms. The average molecular weight is 389 g/mol. The van der Waals surface area contributed by atoms with Crippen LogP contribution in [0.2, 0.25) is 18.1 Å². The summed E-state index contributed by atoms with van der Waals surface area (Å²) < 4.78 is 6.98. The van der Waals surface area contributed by atoms with E-state index in [1.165, 1.54) is 0 Å². The van der Waals surface area contributed by atoms with Crippen LogP contribution in [-0.4, -0.2) is 25.1 Å². The molecule has 0 amide bonds. The zero-order valence-electron chi connectivity index (χ0n) is 18.9. The van der Waals surface area contributed by atoms with Crippen LogP contribution in [0.4, 0.5) is 0 Å². The Morgan fingerprint density at radius 3 is 2.33 bits per heavy atom. The third kappa shape index (κ3) is 3.63. The van der Waals surface area contributed by atoms with E-state index in [0.29, 0.717) is 11.8 Å². The maximum Gasteiger partial charge on any atom is 0.192 e. The molecule has 2 saturated carbocycles. The van der Waals surface area contributed by atoms with E-state index in [0.717, 1.165) is 6.42 Å². The quantitative estimate of drug-likeness (QED) is 0.375. The van der Waals surface area contributed by atoms with Crippen LogP contribution in [0.5, 0.6) is 0 Å². The number of terminal acetylenes is 1. The molecule has 2 fully saturated rings. The maximum absolute atomic E-state index is 11.7. The Balaban J connectivity index is 2.55. The summed E-state index contributed by atoms with van der Waals surface area (Å²) in [6, 6.07) is 0. The summed E-state index contributed by atoms with van der Waals surface area (Å²) >= 11 is 0. The van der Waals surface area contributed by atoms with Gasteiger partial charge in [0, 0.05) is 11.8 Å². The minimum atomic E-state index is -2.05. The minimum absolute atomic E-state index is 0.0695. The van der Waals surface area contributed by atoms with Crippen molar-refractivity contribution in [3.8, 4) is 12.3 Å². The van der Waals surface area contributed by atoms with Gasteiger partial charge in [0.2, 0.25) is 0 Å². The fourth-order valence-corrected chi connectivity index (χ4v) is 6.51. The first-order valence-electron chi connectivity index (χ1n) is 10.4. The van der Waals surface area contributed by atoms with Crippen molar-refractivity contribution in [2.45, 2.75) is 84.7 Å². The second-order valence-corrected chi connectivity index (χ2v) is 15.9. The summed E-state index contributed by atoms with van der Waals surface area (Å²) in [5.74, 6) is 3.92. The van der Waals surface area contributed by atoms with E-state index in [4.69, 9.17) is 10.8 Å². The van der Waals surface area contributed by atoms with E-state index in [9.17, 15) is 5.11 Å². The topological polar surface area (TPSA) is 29.5 Å². The van der Waals surface area contributed by atoms with Gasteiger partial charge in [-0.2, -0.15) is 0 Å². The normalized spacial score (nSPS) is 37.4. The number of hydrogen-bond acceptors (Lipinski definition) is 2. The Morgan fingerprint density at radius 2 is 1.89 bits per heavy atom. The van der Waals surface area contributed by atoms with Gasteiger partial charge in [-0.1, -0.05) is 61.0 Å². The summed E-state index contributed by atoms with van der Waals surface area (Å²) in [6.45, 7) is 24.0. The molecule has 2 nitrogen and oxygen atoms in total. The number of rotatable bonds is 5. The molecule has 0 heterocycles. The largest absolute Gasteiger partial charge is 0.413 e. The molecule has 0 bridgehead atoms. The van der Waals surface area contributed by atoms with Crippen molar-refractivity contribution in [2.24, 2.45) is 35.0 Å². The fraction of sp³-hybridized carbons (Fsp3) is 0.792. The number of hydrogen-bond donors (Lipinski definition) is 1. The number of fused-ring (bicyclic) bond motifs is 1. The molecule has 7 atom stereocenters. The highest BCUT2D eigenvalue weighted by molar-refractivity contribution is 6.74. The first-order chi connectivity index (χ1) is 12.1. The molecule has 0 unspecified atom stereocenters. The van der Waals surface area contributed by atoms with Crippen molar-refractivity contribution < 1.29 is 9.53 Å². The highest BCUT2D eigenvalue weighted by Crippen LogP contribution is 2.71. The lowest BCUT2D eigenvalue weighted by Gasteiger charge is -2.49. The molecular formula is C24H40O2Si. The molecule has 2 rings (SSSR count). The van der Waals surface area contributed by atoms with Gasteiger partial charge in [-0.05, 0) is 53.8 Å². The summed E-state index contributed by atoms with van der Waals surface area (Å²) in [4.78, 5) is 0. The molecule has 0 aromatic rings. The lowest BCUT2D eigenvalue weighted by atomic mass is 9.65. The molecular weight excluding hydrogens is 348 g/mol. The smallest absolute Gasteiger partial charge is 0.192 e. The van der Waals surface area contributed by atoms with Crippen molar-refractivity contribution >= 4 is 8.32 Å². The zero-order chi connectivity index (χ0) is 21.0. The van der Waals surface area contributed by atoms with Crippen molar-refractivity contribution in [3.63, 3.8) is 0 Å². The molecule has 27 heavy (non-hydrogen) atoms. The third-order valence-corrected chi connectivity index (χ3v) is 12.6. The summed E-state index contributed by atoms with van der Waals surface area (Å²) in [6.07, 6.45) is 8.82. The molecule has 2 aliphatic carbocycles. The highest BCUT2D eigenvalue weighted by Gasteiger charge is 2.71. The van der Waals surface area contributed by atoms with Gasteiger partial charge in [0.25, 0.3) is 0 Å². The monoisotopic (exact) mass is 388 g/mol. The second kappa shape index (κ2) is 6.92. The molecule has 0 saturated heterocycles. The fourth-order valence-electron chi connectivity index (χ4n) is 5.11. The van der Waals surface area contributed by atoms with E-state index in [1.54, 1.807) is 0 Å². The van der Waals surface area contributed by atoms with Crippen LogP contribution in [0.3, 0.4) is 0 Å². The minimum Gasteiger partial charge on any atom is -0.413 e. The number of aliphatic hydroxyl groups is 1. The second-order valence-electron chi connectivity index (χ2n) is 11.2. The van der Waals surface area contributed by atoms with Gasteiger partial charge in [0.05, 0.1) is 6.10 Å². The lowest BCUT2D eigenvalue weighted by Crippen LogP contribution is -2.57. The molecule has 152 valence electrons. The van der Waals surface area contributed by atoms with Crippen LogP contribution in [0.25, 0.3) is 0 Å². The summed E-state index contributed by atoms with van der Waals surface area (Å²) in [7, 11) is -2.05. The predicted molar refractivity (Wildman–Crippen MR) is 117 cm³/mol. The molecule has 0 aromatic heterocycles. The van der Waals surface area contributed by atoms with Gasteiger partial charge in [0.15, 0.2) is 8.32 Å². The van der Waals surface area contributed by atoms with Gasteiger partial charge in [-0.3, -0.25) is 0 Å². The third-order valence-electron chi connectivity index (χ3n) is 8.11. The Bertz CT molecular complexity index is 659. The van der Waals surface area contributed by atoms with Crippen molar-refractivity contribution in [2.75, 3.05) is 0 Å². The molecule has 0 aromatic carbocycles. The summed E-state index contributed by atoms with van der Waals surface area (Å²) in [5, 5.41) is 11.8. The van der Waals surface area contributed by atoms with E-state index in [2.05, 4.69) is 79.8 Å². The molecule has 0 radical (unpaired) electrons. The van der Waals surface area contributed by atoms with Gasteiger partial charge in [0.1, 0.15) is 5.60 Å². The van der Waals surface area contributed by atoms with Crippen LogP contribution in [0, 0.1) is 47.3 Å². The molecule has 0 aliphatic heterocycles. The molecule has 1 N–H and O–H groups in total. The Kier molecular flexibility index (Phi) is 5.77. The highest BCUT2D eigenvalue weighted by atomic mass is 28.4. The predicted octanol–water partition coefficient (Wildman–Crippen LogP) is 5.65. The molecule has 3 heteroatoms. The standard InChI is InChI=1S/C24H40O2Si/c1-12-14-16(3)21(26-27(10,11)22(5,6)7)20-19-18(23(19,8)9)15-17(4)24(20,25)13-2/h2,14,16-21,25H,1,15H2,3-11H3/t16-,17-,18-,19-,20-,21-,24-/m1/s1. The van der Waals surface area contributed by atoms with Crippen LogP contribution in [0.1, 0.15) is 54.9 Å². The van der Waals surface area contributed by atoms with Crippen LogP contribution in [-0.2, 0) is 4.43 Å². The lowest BCUT2D eigenvalue weighted by molar-refractivity contribution is -0.0994. The first kappa shape index (κ1) is 22.5. The van der Waals surface area contributed by atoms with Crippen LogP contribution in [0.15, 0.2) is 18.4 Å². The van der Waals surface area contributed by atoms with Gasteiger partial charge >= 0.3 is 0 Å². The van der Waals surface area contributed by atoms with E-state index >= 15 is 0 Å². The maximum atomic E-state index is 11.7. The van der Waals surface area contributed by atoms with Crippen molar-refractivity contribution in [1.29, 1.82) is 0 Å². The van der Waals surface area contributed by atoms with Gasteiger partial charge < -0.3 is 9.53 Å². The Morgan fingerprint density at radius 1 is 1.33 bits per heavy atom. The van der Waals surface area contributed by atoms with Crippen LogP contribution < -0.4 is 0 Å². The van der Waals surface area contributed by atoms with Crippen molar-refractivity contribution in [1.82, 2.24) is 0 Å². The van der Waals surface area contributed by atoms with E-state index < -0.39 is 13.9 Å². The van der Waals surface area contributed by atoms with E-state index in [1.807, 2.05) is 6.08 Å². The van der Waals surface area contributed by atoms with Crippen LogP contribution >= 0.6 is 0 Å². The Labute approximate surface area is 168 Å². The first-order valence-corrected chi connectivity index (χ1v) is 13.3. The van der Waals surface area contributed by atoms with Gasteiger partial charge in [-0.15, -0.1) is 12.2 Å².